The van der Waals surface area contributed by atoms with Gasteiger partial charge in [0.05, 0.1) is 5.69 Å². The highest BCUT2D eigenvalue weighted by molar-refractivity contribution is 6.30. The molecule has 1 aliphatic heterocycles. The van der Waals surface area contributed by atoms with E-state index in [1.807, 2.05) is 0 Å². The molecular formula is C13H16ClFN2O. The Morgan fingerprint density at radius 2 is 2.39 bits per heavy atom. The minimum atomic E-state index is -0.463. The molecule has 1 saturated heterocycles. The molecule has 2 N–H and O–H groups in total. The number of hydrogen-bond donors (Lipinski definition) is 2. The molecular weight excluding hydrogens is 255 g/mol. The molecule has 0 bridgehead atoms. The van der Waals surface area contributed by atoms with Crippen molar-refractivity contribution in [2.45, 2.75) is 19.3 Å². The molecule has 0 spiro atoms. The Labute approximate surface area is 111 Å². The van der Waals surface area contributed by atoms with E-state index in [-0.39, 0.29) is 11.6 Å². The van der Waals surface area contributed by atoms with E-state index in [1.165, 1.54) is 18.2 Å². The predicted octanol–water partition coefficient (Wildman–Crippen LogP) is 2.81. The Morgan fingerprint density at radius 3 is 3.11 bits per heavy atom. The first kappa shape index (κ1) is 13.3. The molecule has 1 atom stereocenters. The third kappa shape index (κ3) is 3.68. The molecule has 2 rings (SSSR count). The Bertz CT molecular complexity index is 433. The lowest BCUT2D eigenvalue weighted by Crippen LogP contribution is -2.15. The molecule has 1 aromatic rings. The van der Waals surface area contributed by atoms with Gasteiger partial charge in [-0.2, -0.15) is 0 Å². The van der Waals surface area contributed by atoms with Crippen molar-refractivity contribution in [3.05, 3.63) is 29.0 Å². The maximum absolute atomic E-state index is 13.4. The van der Waals surface area contributed by atoms with Gasteiger partial charge in [-0.15, -0.1) is 0 Å². The van der Waals surface area contributed by atoms with E-state index in [1.54, 1.807) is 0 Å². The molecule has 1 heterocycles. The molecule has 98 valence electrons. The van der Waals surface area contributed by atoms with E-state index < -0.39 is 5.82 Å². The molecule has 0 aromatic heterocycles. The van der Waals surface area contributed by atoms with Gasteiger partial charge in [-0.05, 0) is 50.0 Å². The smallest absolute Gasteiger partial charge is 0.224 e. The minimum Gasteiger partial charge on any atom is -0.324 e. The second kappa shape index (κ2) is 6.16. The standard InChI is InChI=1S/C13H16ClFN2O/c14-10-2-3-11(15)12(7-10)17-13(18)4-1-9-5-6-16-8-9/h2-3,7,9,16H,1,4-6,8H2,(H,17,18). The summed E-state index contributed by atoms with van der Waals surface area (Å²) in [5, 5.41) is 6.22. The van der Waals surface area contributed by atoms with Gasteiger partial charge in [0.15, 0.2) is 0 Å². The van der Waals surface area contributed by atoms with Crippen LogP contribution in [0.25, 0.3) is 0 Å². The maximum atomic E-state index is 13.4. The number of carbonyl (C=O) groups excluding carboxylic acids is 1. The Morgan fingerprint density at radius 1 is 1.56 bits per heavy atom. The van der Waals surface area contributed by atoms with Gasteiger partial charge in [0, 0.05) is 11.4 Å². The van der Waals surface area contributed by atoms with Gasteiger partial charge < -0.3 is 10.6 Å². The number of anilines is 1. The highest BCUT2D eigenvalue weighted by Crippen LogP contribution is 2.20. The number of halogens is 2. The zero-order chi connectivity index (χ0) is 13.0. The first-order valence-corrected chi connectivity index (χ1v) is 6.48. The first-order chi connectivity index (χ1) is 8.65. The fraction of sp³-hybridized carbons (Fsp3) is 0.462. The zero-order valence-electron chi connectivity index (χ0n) is 10.0. The molecule has 5 heteroatoms. The Balaban J connectivity index is 1.84. The van der Waals surface area contributed by atoms with Crippen LogP contribution in [0.4, 0.5) is 10.1 Å². The molecule has 18 heavy (non-hydrogen) atoms. The SMILES string of the molecule is O=C(CCC1CCNC1)Nc1cc(Cl)ccc1F. The molecule has 1 unspecified atom stereocenters. The third-order valence-electron chi connectivity index (χ3n) is 3.14. The van der Waals surface area contributed by atoms with E-state index in [9.17, 15) is 9.18 Å². The largest absolute Gasteiger partial charge is 0.324 e. The summed E-state index contributed by atoms with van der Waals surface area (Å²) in [7, 11) is 0. The second-order valence-electron chi connectivity index (χ2n) is 4.57. The third-order valence-corrected chi connectivity index (χ3v) is 3.38. The van der Waals surface area contributed by atoms with Crippen molar-refractivity contribution >= 4 is 23.2 Å². The van der Waals surface area contributed by atoms with E-state index in [4.69, 9.17) is 11.6 Å². The molecule has 0 aliphatic carbocycles. The molecule has 1 amide bonds. The summed E-state index contributed by atoms with van der Waals surface area (Å²) in [5.41, 5.74) is 0.150. The highest BCUT2D eigenvalue weighted by Gasteiger charge is 2.16. The van der Waals surface area contributed by atoms with Crippen molar-refractivity contribution in [3.63, 3.8) is 0 Å². The summed E-state index contributed by atoms with van der Waals surface area (Å²) in [6, 6.07) is 4.13. The maximum Gasteiger partial charge on any atom is 0.224 e. The minimum absolute atomic E-state index is 0.150. The van der Waals surface area contributed by atoms with Crippen molar-refractivity contribution < 1.29 is 9.18 Å². The number of amides is 1. The summed E-state index contributed by atoms with van der Waals surface area (Å²) < 4.78 is 13.4. The Hall–Kier alpha value is -1.13. The van der Waals surface area contributed by atoms with E-state index in [0.717, 1.165) is 25.9 Å². The predicted molar refractivity (Wildman–Crippen MR) is 70.3 cm³/mol. The van der Waals surface area contributed by atoms with Crippen LogP contribution in [0.2, 0.25) is 5.02 Å². The van der Waals surface area contributed by atoms with Gasteiger partial charge in [0.25, 0.3) is 0 Å². The molecule has 1 aliphatic rings. The van der Waals surface area contributed by atoms with Crippen molar-refractivity contribution in [1.29, 1.82) is 0 Å². The van der Waals surface area contributed by atoms with Gasteiger partial charge in [-0.25, -0.2) is 4.39 Å². The number of hydrogen-bond acceptors (Lipinski definition) is 2. The van der Waals surface area contributed by atoms with Gasteiger partial charge >= 0.3 is 0 Å². The van der Waals surface area contributed by atoms with Crippen LogP contribution >= 0.6 is 11.6 Å². The van der Waals surface area contributed by atoms with Crippen molar-refractivity contribution in [2.24, 2.45) is 5.92 Å². The van der Waals surface area contributed by atoms with E-state index >= 15 is 0 Å². The highest BCUT2D eigenvalue weighted by atomic mass is 35.5. The van der Waals surface area contributed by atoms with Gasteiger partial charge in [0.1, 0.15) is 5.82 Å². The lowest BCUT2D eigenvalue weighted by Gasteiger charge is -2.09. The summed E-state index contributed by atoms with van der Waals surface area (Å²) in [5.74, 6) is -0.0710. The fourth-order valence-electron chi connectivity index (χ4n) is 2.10. The van der Waals surface area contributed by atoms with Gasteiger partial charge in [-0.3, -0.25) is 4.79 Å². The van der Waals surface area contributed by atoms with Crippen molar-refractivity contribution in [3.8, 4) is 0 Å². The van der Waals surface area contributed by atoms with Crippen LogP contribution in [0.5, 0.6) is 0 Å². The van der Waals surface area contributed by atoms with Crippen LogP contribution in [0.1, 0.15) is 19.3 Å². The average molecular weight is 271 g/mol. The number of rotatable bonds is 4. The lowest BCUT2D eigenvalue weighted by molar-refractivity contribution is -0.116. The second-order valence-corrected chi connectivity index (χ2v) is 5.01. The normalized spacial score (nSPS) is 18.9. The molecule has 1 aromatic carbocycles. The fourth-order valence-corrected chi connectivity index (χ4v) is 2.27. The summed E-state index contributed by atoms with van der Waals surface area (Å²) in [6.07, 6.45) is 2.36. The zero-order valence-corrected chi connectivity index (χ0v) is 10.8. The quantitative estimate of drug-likeness (QED) is 0.883. The van der Waals surface area contributed by atoms with Crippen LogP contribution in [-0.2, 0) is 4.79 Å². The molecule has 3 nitrogen and oxygen atoms in total. The van der Waals surface area contributed by atoms with Crippen molar-refractivity contribution in [1.82, 2.24) is 5.32 Å². The molecule has 0 saturated carbocycles. The number of benzene rings is 1. The molecule has 1 fully saturated rings. The van der Waals surface area contributed by atoms with Crippen LogP contribution in [-0.4, -0.2) is 19.0 Å². The van der Waals surface area contributed by atoms with E-state index in [0.29, 0.717) is 17.4 Å². The summed E-state index contributed by atoms with van der Waals surface area (Å²) in [6.45, 7) is 1.99. The first-order valence-electron chi connectivity index (χ1n) is 6.11. The summed E-state index contributed by atoms with van der Waals surface area (Å²) >= 11 is 5.75. The molecule has 0 radical (unpaired) electrons. The lowest BCUT2D eigenvalue weighted by atomic mass is 10.0. The average Bonchev–Trinajstić information content (AvgIpc) is 2.84. The van der Waals surface area contributed by atoms with Gasteiger partial charge in [0.2, 0.25) is 5.91 Å². The Kier molecular flexibility index (Phi) is 4.55. The van der Waals surface area contributed by atoms with Crippen LogP contribution in [0.3, 0.4) is 0 Å². The van der Waals surface area contributed by atoms with Gasteiger partial charge in [-0.1, -0.05) is 11.6 Å². The van der Waals surface area contributed by atoms with Crippen LogP contribution in [0.15, 0.2) is 18.2 Å². The summed E-state index contributed by atoms with van der Waals surface area (Å²) in [4.78, 5) is 11.7. The van der Waals surface area contributed by atoms with Crippen molar-refractivity contribution in [2.75, 3.05) is 18.4 Å². The van der Waals surface area contributed by atoms with E-state index in [2.05, 4.69) is 10.6 Å². The topological polar surface area (TPSA) is 41.1 Å². The number of carbonyl (C=O) groups is 1. The van der Waals surface area contributed by atoms with Crippen LogP contribution in [0, 0.1) is 11.7 Å². The van der Waals surface area contributed by atoms with Crippen LogP contribution < -0.4 is 10.6 Å². The number of nitrogens with one attached hydrogen (secondary N) is 2. The monoisotopic (exact) mass is 270 g/mol.